The summed E-state index contributed by atoms with van der Waals surface area (Å²) in [5, 5.41) is 8.99. The Kier molecular flexibility index (Phi) is 3.69. The van der Waals surface area contributed by atoms with Crippen LogP contribution >= 0.6 is 0 Å². The fourth-order valence-corrected chi connectivity index (χ4v) is 2.34. The average molecular weight is 197 g/mol. The van der Waals surface area contributed by atoms with E-state index in [0.29, 0.717) is 11.8 Å². The molecule has 0 radical (unpaired) electrons. The lowest BCUT2D eigenvalue weighted by Gasteiger charge is -2.37. The molecular weight excluding hydrogens is 178 g/mol. The van der Waals surface area contributed by atoms with E-state index in [1.807, 2.05) is 4.90 Å². The summed E-state index contributed by atoms with van der Waals surface area (Å²) < 4.78 is 0. The molecule has 3 unspecified atom stereocenters. The Bertz CT molecular complexity index is 217. The van der Waals surface area contributed by atoms with Crippen molar-refractivity contribution in [2.45, 2.75) is 26.3 Å². The van der Waals surface area contributed by atoms with Crippen LogP contribution in [-0.4, -0.2) is 35.1 Å². The van der Waals surface area contributed by atoms with E-state index in [0.717, 1.165) is 13.1 Å². The summed E-state index contributed by atoms with van der Waals surface area (Å²) in [5.41, 5.74) is 0. The molecule has 1 N–H and O–H groups in total. The number of piperidine rings is 1. The quantitative estimate of drug-likeness (QED) is 0.699. The molecule has 0 aromatic rings. The van der Waals surface area contributed by atoms with Gasteiger partial charge in [0.15, 0.2) is 0 Å². The molecule has 0 spiro atoms. The summed E-state index contributed by atoms with van der Waals surface area (Å²) in [6, 6.07) is -0.514. The Morgan fingerprint density at radius 1 is 1.50 bits per heavy atom. The Balaban J connectivity index is 2.65. The average Bonchev–Trinajstić information content (AvgIpc) is 2.02. The highest BCUT2D eigenvalue weighted by Crippen LogP contribution is 2.22. The van der Waals surface area contributed by atoms with Crippen molar-refractivity contribution in [3.8, 4) is 0 Å². The lowest BCUT2D eigenvalue weighted by molar-refractivity contribution is -0.142. The second-order valence-corrected chi connectivity index (χ2v) is 4.42. The van der Waals surface area contributed by atoms with Gasteiger partial charge in [-0.2, -0.15) is 0 Å². The molecule has 80 valence electrons. The largest absolute Gasteiger partial charge is 0.480 e. The van der Waals surface area contributed by atoms with E-state index in [1.54, 1.807) is 0 Å². The minimum Gasteiger partial charge on any atom is -0.480 e. The summed E-state index contributed by atoms with van der Waals surface area (Å²) in [5.74, 6) is 0.377. The lowest BCUT2D eigenvalue weighted by atomic mass is 9.91. The van der Waals surface area contributed by atoms with E-state index in [4.69, 9.17) is 5.11 Å². The Labute approximate surface area is 85.4 Å². The smallest absolute Gasteiger partial charge is 0.324 e. The van der Waals surface area contributed by atoms with E-state index in [1.165, 1.54) is 12.5 Å². The maximum absolute atomic E-state index is 10.9. The summed E-state index contributed by atoms with van der Waals surface area (Å²) in [4.78, 5) is 12.9. The van der Waals surface area contributed by atoms with Crippen LogP contribution in [0, 0.1) is 11.8 Å². The molecule has 0 amide bonds. The van der Waals surface area contributed by atoms with E-state index in [2.05, 4.69) is 20.4 Å². The van der Waals surface area contributed by atoms with Crippen molar-refractivity contribution in [3.63, 3.8) is 0 Å². The molecule has 0 aromatic carbocycles. The fourth-order valence-electron chi connectivity index (χ4n) is 2.34. The molecule has 1 aliphatic rings. The molecule has 1 rings (SSSR count). The standard InChI is InChI=1S/C11H19NO2/c1-4-10(11(13)14)12-6-8(2)5-9(3)7-12/h4,8-10H,1,5-7H2,2-3H3,(H,13,14). The molecule has 3 heteroatoms. The molecular formula is C11H19NO2. The maximum atomic E-state index is 10.9. The molecule has 14 heavy (non-hydrogen) atoms. The van der Waals surface area contributed by atoms with Gasteiger partial charge in [-0.1, -0.05) is 19.9 Å². The highest BCUT2D eigenvalue weighted by molar-refractivity contribution is 5.75. The van der Waals surface area contributed by atoms with Gasteiger partial charge in [0.05, 0.1) is 0 Å². The summed E-state index contributed by atoms with van der Waals surface area (Å²) in [7, 11) is 0. The topological polar surface area (TPSA) is 40.5 Å². The third-order valence-electron chi connectivity index (χ3n) is 2.77. The van der Waals surface area contributed by atoms with Gasteiger partial charge in [0.1, 0.15) is 6.04 Å². The highest BCUT2D eigenvalue weighted by Gasteiger charge is 2.29. The van der Waals surface area contributed by atoms with Gasteiger partial charge in [-0.25, -0.2) is 0 Å². The molecule has 0 bridgehead atoms. The first-order chi connectivity index (χ1) is 6.54. The minimum atomic E-state index is -0.790. The van der Waals surface area contributed by atoms with Crippen molar-refractivity contribution in [2.75, 3.05) is 13.1 Å². The minimum absolute atomic E-state index is 0.514. The molecule has 1 fully saturated rings. The van der Waals surface area contributed by atoms with Crippen LogP contribution in [0.25, 0.3) is 0 Å². The first-order valence-corrected chi connectivity index (χ1v) is 5.14. The Morgan fingerprint density at radius 2 is 2.00 bits per heavy atom. The predicted octanol–water partition coefficient (Wildman–Crippen LogP) is 1.60. The monoisotopic (exact) mass is 197 g/mol. The predicted molar refractivity (Wildman–Crippen MR) is 56.1 cm³/mol. The fraction of sp³-hybridized carbons (Fsp3) is 0.727. The molecule has 0 saturated carbocycles. The first kappa shape index (κ1) is 11.2. The first-order valence-electron chi connectivity index (χ1n) is 5.14. The number of hydrogen-bond donors (Lipinski definition) is 1. The van der Waals surface area contributed by atoms with E-state index in [9.17, 15) is 4.79 Å². The second kappa shape index (κ2) is 4.60. The summed E-state index contributed by atoms with van der Waals surface area (Å²) >= 11 is 0. The van der Waals surface area contributed by atoms with Crippen LogP contribution in [0.5, 0.6) is 0 Å². The second-order valence-electron chi connectivity index (χ2n) is 4.42. The molecule has 3 atom stereocenters. The van der Waals surface area contributed by atoms with Crippen LogP contribution < -0.4 is 0 Å². The number of rotatable bonds is 3. The van der Waals surface area contributed by atoms with Crippen LogP contribution in [0.1, 0.15) is 20.3 Å². The zero-order valence-corrected chi connectivity index (χ0v) is 8.94. The number of carboxylic acid groups (broad SMARTS) is 1. The van der Waals surface area contributed by atoms with Gasteiger partial charge in [0.2, 0.25) is 0 Å². The SMILES string of the molecule is C=CC(C(=O)O)N1CC(C)CC(C)C1. The number of aliphatic carboxylic acids is 1. The zero-order chi connectivity index (χ0) is 10.7. The molecule has 0 aromatic heterocycles. The third-order valence-corrected chi connectivity index (χ3v) is 2.77. The van der Waals surface area contributed by atoms with Gasteiger partial charge >= 0.3 is 5.97 Å². The van der Waals surface area contributed by atoms with Crippen molar-refractivity contribution in [2.24, 2.45) is 11.8 Å². The van der Waals surface area contributed by atoms with Crippen LogP contribution in [0.4, 0.5) is 0 Å². The van der Waals surface area contributed by atoms with Crippen LogP contribution in [-0.2, 0) is 4.79 Å². The number of likely N-dealkylation sites (tertiary alicyclic amines) is 1. The van der Waals surface area contributed by atoms with Crippen LogP contribution in [0.3, 0.4) is 0 Å². The summed E-state index contributed by atoms with van der Waals surface area (Å²) in [6.07, 6.45) is 2.72. The number of carboxylic acids is 1. The normalized spacial score (nSPS) is 31.0. The van der Waals surface area contributed by atoms with Crippen molar-refractivity contribution in [1.82, 2.24) is 4.90 Å². The molecule has 3 nitrogen and oxygen atoms in total. The van der Waals surface area contributed by atoms with Crippen molar-refractivity contribution in [3.05, 3.63) is 12.7 Å². The van der Waals surface area contributed by atoms with Gasteiger partial charge in [-0.3, -0.25) is 9.69 Å². The number of carbonyl (C=O) groups is 1. The maximum Gasteiger partial charge on any atom is 0.324 e. The van der Waals surface area contributed by atoms with E-state index < -0.39 is 12.0 Å². The van der Waals surface area contributed by atoms with Crippen molar-refractivity contribution < 1.29 is 9.90 Å². The number of nitrogens with zero attached hydrogens (tertiary/aromatic N) is 1. The van der Waals surface area contributed by atoms with Gasteiger partial charge < -0.3 is 5.11 Å². The molecule has 1 aliphatic heterocycles. The molecule has 0 aliphatic carbocycles. The van der Waals surface area contributed by atoms with Gasteiger partial charge in [-0.05, 0) is 18.3 Å². The zero-order valence-electron chi connectivity index (χ0n) is 8.94. The van der Waals surface area contributed by atoms with Gasteiger partial charge in [0.25, 0.3) is 0 Å². The lowest BCUT2D eigenvalue weighted by Crippen LogP contribution is -2.47. The highest BCUT2D eigenvalue weighted by atomic mass is 16.4. The van der Waals surface area contributed by atoms with Crippen molar-refractivity contribution in [1.29, 1.82) is 0 Å². The molecule has 1 saturated heterocycles. The van der Waals surface area contributed by atoms with Crippen LogP contribution in [0.2, 0.25) is 0 Å². The van der Waals surface area contributed by atoms with Gasteiger partial charge in [-0.15, -0.1) is 6.58 Å². The molecule has 1 heterocycles. The van der Waals surface area contributed by atoms with E-state index >= 15 is 0 Å². The van der Waals surface area contributed by atoms with Crippen LogP contribution in [0.15, 0.2) is 12.7 Å². The number of hydrogen-bond acceptors (Lipinski definition) is 2. The third kappa shape index (κ3) is 2.58. The van der Waals surface area contributed by atoms with E-state index in [-0.39, 0.29) is 0 Å². The summed E-state index contributed by atoms with van der Waals surface area (Å²) in [6.45, 7) is 9.66. The van der Waals surface area contributed by atoms with Crippen molar-refractivity contribution >= 4 is 5.97 Å². The Hall–Kier alpha value is -0.830. The Morgan fingerprint density at radius 3 is 2.36 bits per heavy atom. The van der Waals surface area contributed by atoms with Gasteiger partial charge in [0, 0.05) is 13.1 Å².